The molecule has 0 saturated heterocycles. The van der Waals surface area contributed by atoms with Gasteiger partial charge in [-0.25, -0.2) is 4.39 Å². The van der Waals surface area contributed by atoms with Crippen LogP contribution in [0, 0.1) is 5.82 Å². The highest BCUT2D eigenvalue weighted by molar-refractivity contribution is 7.12. The van der Waals surface area contributed by atoms with Gasteiger partial charge in [0.1, 0.15) is 5.82 Å². The van der Waals surface area contributed by atoms with Crippen molar-refractivity contribution in [2.75, 3.05) is 5.32 Å². The number of carbonyl (C=O) groups excluding carboxylic acids is 1. The Morgan fingerprint density at radius 2 is 2.08 bits per heavy atom. The number of rotatable bonds is 4. The van der Waals surface area contributed by atoms with Crippen LogP contribution in [0.5, 0.6) is 0 Å². The van der Waals surface area contributed by atoms with Crippen LogP contribution < -0.4 is 5.32 Å². The molecule has 4 rings (SSSR count). The third kappa shape index (κ3) is 3.34. The van der Waals surface area contributed by atoms with Crippen LogP contribution in [-0.2, 0) is 6.54 Å². The Labute approximate surface area is 157 Å². The quantitative estimate of drug-likeness (QED) is 0.525. The third-order valence-corrected chi connectivity index (χ3v) is 5.01. The highest BCUT2D eigenvalue weighted by Crippen LogP contribution is 2.26. The molecule has 0 radical (unpaired) electrons. The normalized spacial score (nSPS) is 11.0. The second-order valence-corrected chi connectivity index (χ2v) is 7.11. The van der Waals surface area contributed by atoms with Crippen LogP contribution in [0.3, 0.4) is 0 Å². The summed E-state index contributed by atoms with van der Waals surface area (Å²) in [6.45, 7) is 0.456. The van der Waals surface area contributed by atoms with Gasteiger partial charge in [0, 0.05) is 10.4 Å². The number of nitrogens with one attached hydrogen (secondary N) is 1. The number of benzene rings is 2. The number of fused-ring (bicyclic) bond motifs is 1. The number of hydrogen-bond donors (Lipinski definition) is 1. The third-order valence-electron chi connectivity index (χ3n) is 3.91. The zero-order valence-corrected chi connectivity index (χ0v) is 15.0. The standard InChI is InChI=1S/C19H13ClFN3OS/c20-13-4-1-3-12(9-13)11-24-16-7-6-14(21)10-15(16)18(23-24)22-19(25)17-5-2-8-26-17/h1-10H,11H2,(H,22,23,25). The number of carbonyl (C=O) groups is 1. The lowest BCUT2D eigenvalue weighted by Crippen LogP contribution is -2.11. The molecule has 0 spiro atoms. The molecule has 1 amide bonds. The van der Waals surface area contributed by atoms with Crippen molar-refractivity contribution in [1.82, 2.24) is 9.78 Å². The monoisotopic (exact) mass is 385 g/mol. The van der Waals surface area contributed by atoms with Crippen LogP contribution in [-0.4, -0.2) is 15.7 Å². The van der Waals surface area contributed by atoms with Crippen molar-refractivity contribution < 1.29 is 9.18 Å². The highest BCUT2D eigenvalue weighted by atomic mass is 35.5. The number of anilines is 1. The Morgan fingerprint density at radius 1 is 1.19 bits per heavy atom. The van der Waals surface area contributed by atoms with E-state index in [9.17, 15) is 9.18 Å². The van der Waals surface area contributed by atoms with Crippen LogP contribution >= 0.6 is 22.9 Å². The average Bonchev–Trinajstić information content (AvgIpc) is 3.24. The van der Waals surface area contributed by atoms with Gasteiger partial charge < -0.3 is 5.32 Å². The Hall–Kier alpha value is -2.70. The van der Waals surface area contributed by atoms with Crippen molar-refractivity contribution in [1.29, 1.82) is 0 Å². The first-order valence-electron chi connectivity index (χ1n) is 7.85. The molecule has 0 fully saturated rings. The summed E-state index contributed by atoms with van der Waals surface area (Å²) >= 11 is 7.38. The summed E-state index contributed by atoms with van der Waals surface area (Å²) < 4.78 is 15.5. The van der Waals surface area contributed by atoms with E-state index in [1.54, 1.807) is 28.9 Å². The first kappa shape index (κ1) is 16.8. The molecule has 26 heavy (non-hydrogen) atoms. The first-order chi connectivity index (χ1) is 12.6. The minimum absolute atomic E-state index is 0.265. The van der Waals surface area contributed by atoms with Gasteiger partial charge in [-0.2, -0.15) is 5.10 Å². The van der Waals surface area contributed by atoms with E-state index in [4.69, 9.17) is 11.6 Å². The van der Waals surface area contributed by atoms with Crippen molar-refractivity contribution in [2.45, 2.75) is 6.54 Å². The number of nitrogens with zero attached hydrogens (tertiary/aromatic N) is 2. The Morgan fingerprint density at radius 3 is 2.85 bits per heavy atom. The number of aromatic nitrogens is 2. The van der Waals surface area contributed by atoms with E-state index in [-0.39, 0.29) is 11.7 Å². The summed E-state index contributed by atoms with van der Waals surface area (Å²) in [6, 6.07) is 15.4. The number of hydrogen-bond acceptors (Lipinski definition) is 3. The number of thiophene rings is 1. The topological polar surface area (TPSA) is 46.9 Å². The fourth-order valence-electron chi connectivity index (χ4n) is 2.75. The van der Waals surface area contributed by atoms with Gasteiger partial charge in [-0.15, -0.1) is 11.3 Å². The largest absolute Gasteiger partial charge is 0.304 e. The molecule has 7 heteroatoms. The van der Waals surface area contributed by atoms with Crippen molar-refractivity contribution in [3.63, 3.8) is 0 Å². The second-order valence-electron chi connectivity index (χ2n) is 5.73. The summed E-state index contributed by atoms with van der Waals surface area (Å²) in [5.74, 6) is -0.315. The van der Waals surface area contributed by atoms with Gasteiger partial charge in [0.05, 0.1) is 16.9 Å². The predicted molar refractivity (Wildman–Crippen MR) is 103 cm³/mol. The highest BCUT2D eigenvalue weighted by Gasteiger charge is 2.15. The Kier molecular flexibility index (Phi) is 4.44. The van der Waals surface area contributed by atoms with Crippen molar-refractivity contribution in [3.05, 3.63) is 81.3 Å². The lowest BCUT2D eigenvalue weighted by molar-refractivity contribution is 0.103. The van der Waals surface area contributed by atoms with Crippen LogP contribution in [0.15, 0.2) is 60.0 Å². The smallest absolute Gasteiger partial charge is 0.266 e. The van der Waals surface area contributed by atoms with Gasteiger partial charge in [0.15, 0.2) is 5.82 Å². The number of amides is 1. The van der Waals surface area contributed by atoms with E-state index in [0.29, 0.717) is 27.6 Å². The molecular formula is C19H13ClFN3OS. The van der Waals surface area contributed by atoms with E-state index in [0.717, 1.165) is 11.1 Å². The molecule has 4 nitrogen and oxygen atoms in total. The van der Waals surface area contributed by atoms with Gasteiger partial charge in [0.2, 0.25) is 0 Å². The van der Waals surface area contributed by atoms with Crippen molar-refractivity contribution in [2.24, 2.45) is 0 Å². The van der Waals surface area contributed by atoms with E-state index in [2.05, 4.69) is 10.4 Å². The maximum absolute atomic E-state index is 13.8. The summed E-state index contributed by atoms with van der Waals surface area (Å²) in [6.07, 6.45) is 0. The zero-order chi connectivity index (χ0) is 18.1. The van der Waals surface area contributed by atoms with Gasteiger partial charge in [-0.3, -0.25) is 9.48 Å². The summed E-state index contributed by atoms with van der Waals surface area (Å²) in [5, 5.41) is 10.3. The molecule has 2 aromatic heterocycles. The van der Waals surface area contributed by atoms with Crippen LogP contribution in [0.1, 0.15) is 15.2 Å². The lowest BCUT2D eigenvalue weighted by atomic mass is 10.2. The van der Waals surface area contributed by atoms with E-state index in [1.807, 2.05) is 23.6 Å². The van der Waals surface area contributed by atoms with Gasteiger partial charge in [0.25, 0.3) is 5.91 Å². The molecular weight excluding hydrogens is 373 g/mol. The molecule has 2 heterocycles. The predicted octanol–water partition coefficient (Wildman–Crippen LogP) is 5.19. The molecule has 0 bridgehead atoms. The van der Waals surface area contributed by atoms with Crippen molar-refractivity contribution >= 4 is 45.6 Å². The Balaban J connectivity index is 1.73. The van der Waals surface area contributed by atoms with E-state index < -0.39 is 0 Å². The molecule has 2 aromatic carbocycles. The van der Waals surface area contributed by atoms with E-state index in [1.165, 1.54) is 23.5 Å². The molecule has 1 N–H and O–H groups in total. The van der Waals surface area contributed by atoms with Crippen LogP contribution in [0.2, 0.25) is 5.02 Å². The minimum atomic E-state index is -0.383. The first-order valence-corrected chi connectivity index (χ1v) is 9.11. The number of halogens is 2. The van der Waals surface area contributed by atoms with Crippen LogP contribution in [0.25, 0.3) is 10.9 Å². The molecule has 0 atom stereocenters. The zero-order valence-electron chi connectivity index (χ0n) is 13.4. The minimum Gasteiger partial charge on any atom is -0.304 e. The van der Waals surface area contributed by atoms with Gasteiger partial charge >= 0.3 is 0 Å². The maximum atomic E-state index is 13.8. The molecule has 130 valence electrons. The molecule has 0 saturated carbocycles. The van der Waals surface area contributed by atoms with Gasteiger partial charge in [-0.1, -0.05) is 29.8 Å². The summed E-state index contributed by atoms with van der Waals surface area (Å²) in [5.41, 5.74) is 1.69. The molecule has 4 aromatic rings. The second kappa shape index (κ2) is 6.90. The maximum Gasteiger partial charge on any atom is 0.266 e. The molecule has 0 aliphatic heterocycles. The fourth-order valence-corrected chi connectivity index (χ4v) is 3.58. The molecule has 0 unspecified atom stereocenters. The summed E-state index contributed by atoms with van der Waals surface area (Å²) in [7, 11) is 0. The fraction of sp³-hybridized carbons (Fsp3) is 0.0526. The van der Waals surface area contributed by atoms with Crippen molar-refractivity contribution in [3.8, 4) is 0 Å². The summed E-state index contributed by atoms with van der Waals surface area (Å²) in [4.78, 5) is 12.9. The average molecular weight is 386 g/mol. The SMILES string of the molecule is O=C(Nc1nn(Cc2cccc(Cl)c2)c2ccc(F)cc12)c1cccs1. The Bertz CT molecular complexity index is 1090. The van der Waals surface area contributed by atoms with E-state index >= 15 is 0 Å². The van der Waals surface area contributed by atoms with Crippen LogP contribution in [0.4, 0.5) is 10.2 Å². The molecule has 0 aliphatic rings. The molecule has 0 aliphatic carbocycles. The lowest BCUT2D eigenvalue weighted by Gasteiger charge is -2.04. The van der Waals surface area contributed by atoms with Gasteiger partial charge in [-0.05, 0) is 47.3 Å².